The van der Waals surface area contributed by atoms with Crippen molar-refractivity contribution in [3.63, 3.8) is 0 Å². The Labute approximate surface area is 91.3 Å². The van der Waals surface area contributed by atoms with Crippen LogP contribution in [0.15, 0.2) is 18.6 Å². The summed E-state index contributed by atoms with van der Waals surface area (Å²) in [6, 6.07) is 1.87. The highest BCUT2D eigenvalue weighted by atomic mass is 15.0. The fourth-order valence-electron chi connectivity index (χ4n) is 1.53. The largest absolute Gasteiger partial charge is 0.369 e. The Hall–Kier alpha value is -1.16. The summed E-state index contributed by atoms with van der Waals surface area (Å²) >= 11 is 0. The van der Waals surface area contributed by atoms with Crippen molar-refractivity contribution in [1.29, 1.82) is 0 Å². The van der Waals surface area contributed by atoms with Gasteiger partial charge in [-0.25, -0.2) is 9.97 Å². The zero-order chi connectivity index (χ0) is 11.1. The number of rotatable bonds is 6. The lowest BCUT2D eigenvalue weighted by Gasteiger charge is -2.30. The minimum absolute atomic E-state index is 0.185. The first kappa shape index (κ1) is 11.9. The lowest BCUT2D eigenvalue weighted by molar-refractivity contribution is 0.294. The molecule has 1 heterocycles. The van der Waals surface area contributed by atoms with Crippen molar-refractivity contribution >= 4 is 5.82 Å². The molecule has 0 aliphatic rings. The van der Waals surface area contributed by atoms with Crippen LogP contribution in [0, 0.1) is 5.41 Å². The van der Waals surface area contributed by atoms with E-state index in [0.717, 1.165) is 25.2 Å². The third kappa shape index (κ3) is 3.16. The molecule has 4 heteroatoms. The van der Waals surface area contributed by atoms with E-state index in [0.29, 0.717) is 6.54 Å². The smallest absolute Gasteiger partial charge is 0.129 e. The molecule has 0 atom stereocenters. The molecule has 0 radical (unpaired) electrons. The normalized spacial score (nSPS) is 11.4. The Morgan fingerprint density at radius 1 is 1.40 bits per heavy atom. The highest BCUT2D eigenvalue weighted by molar-refractivity contribution is 5.31. The molecule has 1 rings (SSSR count). The van der Waals surface area contributed by atoms with Crippen LogP contribution < -0.4 is 11.1 Å². The number of nitrogens with two attached hydrogens (primary N) is 1. The molecule has 0 aliphatic carbocycles. The minimum atomic E-state index is 0.185. The van der Waals surface area contributed by atoms with Gasteiger partial charge in [0.15, 0.2) is 0 Å². The zero-order valence-corrected chi connectivity index (χ0v) is 9.53. The molecule has 1 aromatic rings. The summed E-state index contributed by atoms with van der Waals surface area (Å²) in [7, 11) is 0. The number of anilines is 1. The molecular formula is C11H20N4. The highest BCUT2D eigenvalue weighted by Gasteiger charge is 2.23. The van der Waals surface area contributed by atoms with E-state index in [9.17, 15) is 0 Å². The first-order valence-electron chi connectivity index (χ1n) is 5.46. The van der Waals surface area contributed by atoms with Gasteiger partial charge in [0.05, 0.1) is 0 Å². The van der Waals surface area contributed by atoms with Gasteiger partial charge in [0.1, 0.15) is 12.1 Å². The number of nitrogens with zero attached hydrogens (tertiary/aromatic N) is 2. The summed E-state index contributed by atoms with van der Waals surface area (Å²) in [4.78, 5) is 8.00. The molecule has 4 nitrogen and oxygen atoms in total. The van der Waals surface area contributed by atoms with Gasteiger partial charge >= 0.3 is 0 Å². The zero-order valence-electron chi connectivity index (χ0n) is 9.53. The van der Waals surface area contributed by atoms with Gasteiger partial charge < -0.3 is 11.1 Å². The van der Waals surface area contributed by atoms with E-state index in [1.807, 2.05) is 6.07 Å². The molecule has 0 spiro atoms. The fourth-order valence-corrected chi connectivity index (χ4v) is 1.53. The molecule has 0 amide bonds. The molecule has 0 bridgehead atoms. The Balaban J connectivity index is 2.54. The van der Waals surface area contributed by atoms with E-state index in [-0.39, 0.29) is 5.41 Å². The first-order valence-corrected chi connectivity index (χ1v) is 5.46. The Bertz CT molecular complexity index is 261. The molecule has 84 valence electrons. The predicted octanol–water partition coefficient (Wildman–Crippen LogP) is 1.65. The van der Waals surface area contributed by atoms with Crippen LogP contribution in [0.5, 0.6) is 0 Å². The van der Waals surface area contributed by atoms with Gasteiger partial charge in [0.25, 0.3) is 0 Å². The second-order valence-corrected chi connectivity index (χ2v) is 3.86. The summed E-state index contributed by atoms with van der Waals surface area (Å²) in [5.41, 5.74) is 6.01. The van der Waals surface area contributed by atoms with Crippen LogP contribution in [0.3, 0.4) is 0 Å². The van der Waals surface area contributed by atoms with Crippen molar-refractivity contribution in [3.8, 4) is 0 Å². The number of aromatic nitrogens is 2. The molecule has 0 saturated heterocycles. The van der Waals surface area contributed by atoms with Gasteiger partial charge in [-0.05, 0) is 30.9 Å². The molecule has 0 saturated carbocycles. The molecule has 15 heavy (non-hydrogen) atoms. The lowest BCUT2D eigenvalue weighted by Crippen LogP contribution is -2.36. The molecule has 0 aromatic carbocycles. The van der Waals surface area contributed by atoms with E-state index < -0.39 is 0 Å². The second kappa shape index (κ2) is 5.66. The van der Waals surface area contributed by atoms with Crippen LogP contribution in [0.4, 0.5) is 5.82 Å². The topological polar surface area (TPSA) is 63.8 Å². The van der Waals surface area contributed by atoms with E-state index in [1.54, 1.807) is 12.5 Å². The molecule has 0 fully saturated rings. The molecule has 0 aliphatic heterocycles. The average Bonchev–Trinajstić information content (AvgIpc) is 2.33. The van der Waals surface area contributed by atoms with Gasteiger partial charge in [-0.2, -0.15) is 0 Å². The molecular weight excluding hydrogens is 188 g/mol. The highest BCUT2D eigenvalue weighted by Crippen LogP contribution is 2.24. The van der Waals surface area contributed by atoms with Crippen molar-refractivity contribution in [2.24, 2.45) is 11.1 Å². The van der Waals surface area contributed by atoms with Crippen LogP contribution in [0.25, 0.3) is 0 Å². The van der Waals surface area contributed by atoms with Crippen molar-refractivity contribution < 1.29 is 0 Å². The minimum Gasteiger partial charge on any atom is -0.369 e. The summed E-state index contributed by atoms with van der Waals surface area (Å²) in [5, 5.41) is 3.31. The summed E-state index contributed by atoms with van der Waals surface area (Å²) < 4.78 is 0. The standard InChI is InChI=1S/C11H20N4/c1-3-11(4-2,7-12)8-14-10-5-6-13-9-15-10/h5-6,9H,3-4,7-8,12H2,1-2H3,(H,13,14,15). The van der Waals surface area contributed by atoms with Gasteiger partial charge in [-0.1, -0.05) is 13.8 Å². The Morgan fingerprint density at radius 3 is 2.60 bits per heavy atom. The van der Waals surface area contributed by atoms with E-state index in [2.05, 4.69) is 29.1 Å². The number of hydrogen-bond acceptors (Lipinski definition) is 4. The molecule has 3 N–H and O–H groups in total. The second-order valence-electron chi connectivity index (χ2n) is 3.86. The van der Waals surface area contributed by atoms with Crippen molar-refractivity contribution in [2.45, 2.75) is 26.7 Å². The van der Waals surface area contributed by atoms with E-state index in [1.165, 1.54) is 0 Å². The van der Waals surface area contributed by atoms with E-state index >= 15 is 0 Å². The van der Waals surface area contributed by atoms with Crippen LogP contribution in [0.1, 0.15) is 26.7 Å². The lowest BCUT2D eigenvalue weighted by atomic mass is 9.82. The van der Waals surface area contributed by atoms with Gasteiger partial charge in [0.2, 0.25) is 0 Å². The molecule has 0 unspecified atom stereocenters. The monoisotopic (exact) mass is 208 g/mol. The average molecular weight is 208 g/mol. The van der Waals surface area contributed by atoms with Gasteiger partial charge in [0, 0.05) is 12.7 Å². The number of nitrogens with one attached hydrogen (secondary N) is 1. The van der Waals surface area contributed by atoms with Gasteiger partial charge in [-0.3, -0.25) is 0 Å². The van der Waals surface area contributed by atoms with Crippen molar-refractivity contribution in [3.05, 3.63) is 18.6 Å². The third-order valence-electron chi connectivity index (χ3n) is 3.16. The third-order valence-corrected chi connectivity index (χ3v) is 3.16. The maximum absolute atomic E-state index is 5.82. The molecule has 1 aromatic heterocycles. The first-order chi connectivity index (χ1) is 7.26. The number of hydrogen-bond donors (Lipinski definition) is 2. The van der Waals surface area contributed by atoms with Crippen LogP contribution in [-0.4, -0.2) is 23.1 Å². The quantitative estimate of drug-likeness (QED) is 0.746. The Morgan fingerprint density at radius 2 is 2.13 bits per heavy atom. The summed E-state index contributed by atoms with van der Waals surface area (Å²) in [6.45, 7) is 5.93. The maximum atomic E-state index is 5.82. The fraction of sp³-hybridized carbons (Fsp3) is 0.636. The predicted molar refractivity (Wildman–Crippen MR) is 62.6 cm³/mol. The maximum Gasteiger partial charge on any atom is 0.129 e. The Kier molecular flexibility index (Phi) is 4.49. The van der Waals surface area contributed by atoms with Crippen LogP contribution in [-0.2, 0) is 0 Å². The van der Waals surface area contributed by atoms with Crippen molar-refractivity contribution in [2.75, 3.05) is 18.4 Å². The van der Waals surface area contributed by atoms with Crippen molar-refractivity contribution in [1.82, 2.24) is 9.97 Å². The SMILES string of the molecule is CCC(CC)(CN)CNc1ccncn1. The van der Waals surface area contributed by atoms with Gasteiger partial charge in [-0.15, -0.1) is 0 Å². The van der Waals surface area contributed by atoms with E-state index in [4.69, 9.17) is 5.73 Å². The summed E-state index contributed by atoms with van der Waals surface area (Å²) in [6.07, 6.45) is 5.44. The summed E-state index contributed by atoms with van der Waals surface area (Å²) in [5.74, 6) is 0.865. The van der Waals surface area contributed by atoms with Crippen LogP contribution >= 0.6 is 0 Å². The van der Waals surface area contributed by atoms with Crippen LogP contribution in [0.2, 0.25) is 0 Å².